The molecule has 34 heavy (non-hydrogen) atoms. The van der Waals surface area contributed by atoms with Crippen molar-refractivity contribution >= 4 is 40.4 Å². The number of thiophene rings is 2. The lowest BCUT2D eigenvalue weighted by molar-refractivity contribution is -0.141. The summed E-state index contributed by atoms with van der Waals surface area (Å²) < 4.78 is 5.85. The van der Waals surface area contributed by atoms with E-state index in [0.29, 0.717) is 16.4 Å². The van der Waals surface area contributed by atoms with Crippen molar-refractivity contribution in [2.75, 3.05) is 6.54 Å². The van der Waals surface area contributed by atoms with E-state index in [1.165, 1.54) is 34.0 Å². The van der Waals surface area contributed by atoms with Gasteiger partial charge >= 0.3 is 0 Å². The summed E-state index contributed by atoms with van der Waals surface area (Å²) in [4.78, 5) is 42.4. The molecule has 4 rings (SSSR count). The highest BCUT2D eigenvalue weighted by molar-refractivity contribution is 7.12. The number of furan rings is 1. The van der Waals surface area contributed by atoms with Crippen molar-refractivity contribution in [2.24, 2.45) is 0 Å². The second-order valence-electron chi connectivity index (χ2n) is 8.46. The van der Waals surface area contributed by atoms with Gasteiger partial charge in [0.15, 0.2) is 6.04 Å². The molecule has 0 unspecified atom stereocenters. The number of carbonyl (C=O) groups is 3. The van der Waals surface area contributed by atoms with Crippen LogP contribution in [0.25, 0.3) is 0 Å². The lowest BCUT2D eigenvalue weighted by Gasteiger charge is -2.32. The molecule has 7 nitrogen and oxygen atoms in total. The summed E-state index contributed by atoms with van der Waals surface area (Å²) in [5.74, 6) is 0.170. The maximum absolute atomic E-state index is 13.6. The Kier molecular flexibility index (Phi) is 8.18. The van der Waals surface area contributed by atoms with Gasteiger partial charge in [0.05, 0.1) is 18.0 Å². The van der Waals surface area contributed by atoms with Crippen LogP contribution >= 0.6 is 22.7 Å². The van der Waals surface area contributed by atoms with Gasteiger partial charge in [-0.15, -0.1) is 22.7 Å². The fraction of sp³-hybridized carbons (Fsp3) is 0.400. The molecule has 0 bridgehead atoms. The van der Waals surface area contributed by atoms with Crippen LogP contribution in [0, 0.1) is 6.92 Å². The minimum Gasteiger partial charge on any atom is -0.464 e. The molecule has 3 amide bonds. The smallest absolute Gasteiger partial charge is 0.261 e. The van der Waals surface area contributed by atoms with E-state index in [1.54, 1.807) is 24.3 Å². The highest BCUT2D eigenvalue weighted by atomic mass is 32.1. The molecule has 1 aliphatic rings. The molecular weight excluding hydrogens is 470 g/mol. The molecule has 1 fully saturated rings. The van der Waals surface area contributed by atoms with Crippen molar-refractivity contribution in [1.82, 2.24) is 15.5 Å². The van der Waals surface area contributed by atoms with Crippen LogP contribution in [0.3, 0.4) is 0 Å². The molecule has 2 N–H and O–H groups in total. The van der Waals surface area contributed by atoms with Crippen LogP contribution in [-0.2, 0) is 16.1 Å². The third kappa shape index (κ3) is 6.15. The molecule has 1 aliphatic carbocycles. The SMILES string of the molecule is Cc1ccc([C@H](C(=O)NC2CCCCC2)N(Cc2cccs2)C(=O)CNC(=O)c2cccs2)o1. The number of hydrogen-bond acceptors (Lipinski definition) is 6. The third-order valence-electron chi connectivity index (χ3n) is 5.91. The minimum absolute atomic E-state index is 0.0945. The molecule has 180 valence electrons. The molecule has 0 spiro atoms. The van der Waals surface area contributed by atoms with Crippen LogP contribution in [0.4, 0.5) is 0 Å². The first-order valence-electron chi connectivity index (χ1n) is 11.5. The van der Waals surface area contributed by atoms with Crippen LogP contribution in [0.1, 0.15) is 64.2 Å². The molecule has 3 aromatic heterocycles. The van der Waals surface area contributed by atoms with Crippen LogP contribution in [0.15, 0.2) is 51.6 Å². The lowest BCUT2D eigenvalue weighted by Crippen LogP contribution is -2.49. The molecule has 3 heterocycles. The van der Waals surface area contributed by atoms with Gasteiger partial charge in [-0.25, -0.2) is 0 Å². The van der Waals surface area contributed by atoms with E-state index in [2.05, 4.69) is 10.6 Å². The van der Waals surface area contributed by atoms with Crippen LogP contribution in [0.2, 0.25) is 0 Å². The van der Waals surface area contributed by atoms with Crippen molar-refractivity contribution in [3.05, 3.63) is 68.4 Å². The van der Waals surface area contributed by atoms with Gasteiger partial charge in [-0.3, -0.25) is 14.4 Å². The Morgan fingerprint density at radius 2 is 1.82 bits per heavy atom. The quantitative estimate of drug-likeness (QED) is 0.448. The topological polar surface area (TPSA) is 91.7 Å². The standard InChI is InChI=1S/C25H29N3O4S2/c1-17-11-12-20(32-17)23(25(31)27-18-7-3-2-4-8-18)28(16-19-9-5-13-33-19)22(29)15-26-24(30)21-10-6-14-34-21/h5-6,9-14,18,23H,2-4,7-8,15-16H2,1H3,(H,26,30)(H,27,31)/t23-/m1/s1. The van der Waals surface area contributed by atoms with Gasteiger partial charge in [0.2, 0.25) is 5.91 Å². The summed E-state index contributed by atoms with van der Waals surface area (Å²) in [6.07, 6.45) is 5.22. The van der Waals surface area contributed by atoms with Gasteiger partial charge in [0, 0.05) is 10.9 Å². The van der Waals surface area contributed by atoms with Gasteiger partial charge in [0.25, 0.3) is 11.8 Å². The molecule has 3 aromatic rings. The molecule has 1 atom stereocenters. The number of aryl methyl sites for hydroxylation is 1. The summed E-state index contributed by atoms with van der Waals surface area (Å²) in [5.41, 5.74) is 0. The predicted molar refractivity (Wildman–Crippen MR) is 133 cm³/mol. The molecule has 0 radical (unpaired) electrons. The van der Waals surface area contributed by atoms with Gasteiger partial charge in [-0.1, -0.05) is 31.4 Å². The average molecular weight is 500 g/mol. The zero-order valence-electron chi connectivity index (χ0n) is 19.1. The molecule has 1 saturated carbocycles. The van der Waals surface area contributed by atoms with E-state index in [0.717, 1.165) is 30.6 Å². The maximum Gasteiger partial charge on any atom is 0.261 e. The normalized spacial score (nSPS) is 15.0. The number of amides is 3. The largest absolute Gasteiger partial charge is 0.464 e. The van der Waals surface area contributed by atoms with Crippen molar-refractivity contribution in [2.45, 2.75) is 57.7 Å². The van der Waals surface area contributed by atoms with E-state index in [9.17, 15) is 14.4 Å². The minimum atomic E-state index is -0.927. The Bertz CT molecular complexity index is 1090. The Labute approximate surface area is 207 Å². The van der Waals surface area contributed by atoms with Gasteiger partial charge in [-0.2, -0.15) is 0 Å². The fourth-order valence-corrected chi connectivity index (χ4v) is 5.54. The van der Waals surface area contributed by atoms with Gasteiger partial charge in [0.1, 0.15) is 11.5 Å². The average Bonchev–Trinajstić information content (AvgIpc) is 3.61. The summed E-state index contributed by atoms with van der Waals surface area (Å²) in [6, 6.07) is 10.0. The monoisotopic (exact) mass is 499 g/mol. The summed E-state index contributed by atoms with van der Waals surface area (Å²) in [6.45, 7) is 1.84. The molecule has 0 saturated heterocycles. The maximum atomic E-state index is 13.6. The molecule has 0 aliphatic heterocycles. The lowest BCUT2D eigenvalue weighted by atomic mass is 9.95. The van der Waals surface area contributed by atoms with E-state index >= 15 is 0 Å². The molecular formula is C25H29N3O4S2. The van der Waals surface area contributed by atoms with Gasteiger partial charge in [-0.05, 0) is 54.8 Å². The van der Waals surface area contributed by atoms with Crippen molar-refractivity contribution < 1.29 is 18.8 Å². The Hall–Kier alpha value is -2.91. The highest BCUT2D eigenvalue weighted by Gasteiger charge is 2.35. The first kappa shape index (κ1) is 24.2. The highest BCUT2D eigenvalue weighted by Crippen LogP contribution is 2.28. The second-order valence-corrected chi connectivity index (χ2v) is 10.4. The van der Waals surface area contributed by atoms with E-state index in [1.807, 2.05) is 29.8 Å². The van der Waals surface area contributed by atoms with Crippen molar-refractivity contribution in [3.8, 4) is 0 Å². The fourth-order valence-electron chi connectivity index (χ4n) is 4.20. The Morgan fingerprint density at radius 3 is 2.47 bits per heavy atom. The Balaban J connectivity index is 1.58. The first-order valence-corrected chi connectivity index (χ1v) is 13.3. The van der Waals surface area contributed by atoms with E-state index in [-0.39, 0.29) is 36.9 Å². The Morgan fingerprint density at radius 1 is 1.06 bits per heavy atom. The first-order chi connectivity index (χ1) is 16.5. The van der Waals surface area contributed by atoms with Gasteiger partial charge < -0.3 is 20.0 Å². The zero-order valence-corrected chi connectivity index (χ0v) is 20.8. The molecule has 9 heteroatoms. The third-order valence-corrected chi connectivity index (χ3v) is 7.64. The number of nitrogens with zero attached hydrogens (tertiary/aromatic N) is 1. The number of nitrogens with one attached hydrogen (secondary N) is 2. The van der Waals surface area contributed by atoms with E-state index < -0.39 is 6.04 Å². The number of rotatable bonds is 9. The number of hydrogen-bond donors (Lipinski definition) is 2. The van der Waals surface area contributed by atoms with Crippen LogP contribution < -0.4 is 10.6 Å². The zero-order chi connectivity index (χ0) is 23.9. The molecule has 0 aromatic carbocycles. The van der Waals surface area contributed by atoms with Crippen molar-refractivity contribution in [1.29, 1.82) is 0 Å². The summed E-state index contributed by atoms with van der Waals surface area (Å²) >= 11 is 2.83. The number of carbonyl (C=O) groups excluding carboxylic acids is 3. The predicted octanol–water partition coefficient (Wildman–Crippen LogP) is 4.66. The second kappa shape index (κ2) is 11.5. The summed E-state index contributed by atoms with van der Waals surface area (Å²) in [5, 5.41) is 9.60. The van der Waals surface area contributed by atoms with Crippen molar-refractivity contribution in [3.63, 3.8) is 0 Å². The summed E-state index contributed by atoms with van der Waals surface area (Å²) in [7, 11) is 0. The van der Waals surface area contributed by atoms with Crippen LogP contribution in [-0.4, -0.2) is 35.2 Å². The van der Waals surface area contributed by atoms with E-state index in [4.69, 9.17) is 4.42 Å². The van der Waals surface area contributed by atoms with Crippen LogP contribution in [0.5, 0.6) is 0 Å².